The van der Waals surface area contributed by atoms with Gasteiger partial charge in [-0.3, -0.25) is 4.79 Å². The molecule has 0 aliphatic carbocycles. The molecule has 21 heavy (non-hydrogen) atoms. The average Bonchev–Trinajstić information content (AvgIpc) is 2.55. The number of nitrogens with one attached hydrogen (secondary N) is 2. The standard InChI is InChI=1S/C14H17FN2O3S/c1-14(2,3)13(19)20-17-9-7-21-10-6-4-5-8(15)11(10)16-12(9)18/h4-6,9,17H,7H2,1-3H3,(H,16,18)/t9-/m0/s1. The predicted octanol–water partition coefficient (Wildman–Crippen LogP) is 2.33. The molecule has 0 fully saturated rings. The minimum absolute atomic E-state index is 0.166. The van der Waals surface area contributed by atoms with E-state index in [-0.39, 0.29) is 5.69 Å². The van der Waals surface area contributed by atoms with Crippen LogP contribution in [0.2, 0.25) is 0 Å². The number of amides is 1. The van der Waals surface area contributed by atoms with Crippen LogP contribution in [0.15, 0.2) is 23.1 Å². The highest BCUT2D eigenvalue weighted by Gasteiger charge is 2.29. The fourth-order valence-electron chi connectivity index (χ4n) is 1.57. The van der Waals surface area contributed by atoms with E-state index in [9.17, 15) is 14.0 Å². The van der Waals surface area contributed by atoms with Gasteiger partial charge in [0, 0.05) is 10.6 Å². The molecule has 2 rings (SSSR count). The third-order valence-corrected chi connectivity index (χ3v) is 4.00. The molecule has 114 valence electrons. The summed E-state index contributed by atoms with van der Waals surface area (Å²) in [5.74, 6) is -1.05. The molecule has 0 spiro atoms. The topological polar surface area (TPSA) is 67.4 Å². The third-order valence-electron chi connectivity index (χ3n) is 2.85. The number of fused-ring (bicyclic) bond motifs is 1. The molecular formula is C14H17FN2O3S. The molecule has 1 aromatic carbocycles. The van der Waals surface area contributed by atoms with Gasteiger partial charge in [-0.05, 0) is 32.9 Å². The molecule has 2 N–H and O–H groups in total. The van der Waals surface area contributed by atoms with Gasteiger partial charge in [0.1, 0.15) is 11.9 Å². The van der Waals surface area contributed by atoms with Crippen molar-refractivity contribution in [3.05, 3.63) is 24.0 Å². The maximum atomic E-state index is 13.7. The van der Waals surface area contributed by atoms with Crippen LogP contribution < -0.4 is 10.8 Å². The summed E-state index contributed by atoms with van der Waals surface area (Å²) in [4.78, 5) is 29.3. The first kappa shape index (κ1) is 15.8. The Morgan fingerprint density at radius 1 is 1.48 bits per heavy atom. The summed E-state index contributed by atoms with van der Waals surface area (Å²) < 4.78 is 13.7. The van der Waals surface area contributed by atoms with E-state index in [2.05, 4.69) is 10.8 Å². The molecule has 1 heterocycles. The summed E-state index contributed by atoms with van der Waals surface area (Å²) in [6, 6.07) is 3.86. The Balaban J connectivity index is 2.04. The minimum atomic E-state index is -0.743. The number of carbonyl (C=O) groups is 2. The van der Waals surface area contributed by atoms with E-state index >= 15 is 0 Å². The maximum absolute atomic E-state index is 13.7. The first-order valence-electron chi connectivity index (χ1n) is 6.48. The van der Waals surface area contributed by atoms with Gasteiger partial charge in [-0.2, -0.15) is 0 Å². The number of halogens is 1. The van der Waals surface area contributed by atoms with Crippen LogP contribution in [0.25, 0.3) is 0 Å². The van der Waals surface area contributed by atoms with Gasteiger partial charge in [0.2, 0.25) is 5.91 Å². The number of thioether (sulfide) groups is 1. The fraction of sp³-hybridized carbons (Fsp3) is 0.429. The molecule has 0 saturated heterocycles. The second kappa shape index (κ2) is 6.03. The number of hydrogen-bond donors (Lipinski definition) is 2. The lowest BCUT2D eigenvalue weighted by molar-refractivity contribution is -0.162. The van der Waals surface area contributed by atoms with Crippen molar-refractivity contribution < 1.29 is 18.8 Å². The number of para-hydroxylation sites is 1. The summed E-state index contributed by atoms with van der Waals surface area (Å²) >= 11 is 1.32. The van der Waals surface area contributed by atoms with E-state index in [4.69, 9.17) is 4.84 Å². The quantitative estimate of drug-likeness (QED) is 0.821. The van der Waals surface area contributed by atoms with Crippen LogP contribution in [0, 0.1) is 11.2 Å². The van der Waals surface area contributed by atoms with Crippen molar-refractivity contribution in [1.29, 1.82) is 0 Å². The van der Waals surface area contributed by atoms with Crippen molar-refractivity contribution in [2.75, 3.05) is 11.1 Å². The van der Waals surface area contributed by atoms with E-state index < -0.39 is 29.2 Å². The normalized spacial score (nSPS) is 18.5. The smallest absolute Gasteiger partial charge is 0.330 e. The van der Waals surface area contributed by atoms with Crippen LogP contribution in [0.1, 0.15) is 20.8 Å². The zero-order valence-electron chi connectivity index (χ0n) is 12.0. The van der Waals surface area contributed by atoms with Gasteiger partial charge in [0.15, 0.2) is 0 Å². The number of anilines is 1. The Morgan fingerprint density at radius 3 is 2.86 bits per heavy atom. The van der Waals surface area contributed by atoms with Crippen LogP contribution in [-0.2, 0) is 14.4 Å². The van der Waals surface area contributed by atoms with Crippen molar-refractivity contribution in [1.82, 2.24) is 5.48 Å². The van der Waals surface area contributed by atoms with Gasteiger partial charge in [0.25, 0.3) is 0 Å². The zero-order valence-corrected chi connectivity index (χ0v) is 12.8. The Labute approximate surface area is 126 Å². The highest BCUT2D eigenvalue weighted by molar-refractivity contribution is 7.99. The average molecular weight is 312 g/mol. The van der Waals surface area contributed by atoms with Crippen LogP contribution >= 0.6 is 11.8 Å². The van der Waals surface area contributed by atoms with E-state index in [1.54, 1.807) is 32.9 Å². The molecule has 1 aromatic rings. The second-order valence-electron chi connectivity index (χ2n) is 5.72. The van der Waals surface area contributed by atoms with E-state index in [0.29, 0.717) is 10.6 Å². The molecule has 5 nitrogen and oxygen atoms in total. The lowest BCUT2D eigenvalue weighted by Gasteiger charge is -2.19. The lowest BCUT2D eigenvalue weighted by atomic mass is 9.98. The molecule has 7 heteroatoms. The number of rotatable bonds is 2. The summed E-state index contributed by atoms with van der Waals surface area (Å²) in [5, 5.41) is 2.51. The number of hydrogen-bond acceptors (Lipinski definition) is 5. The third kappa shape index (κ3) is 3.74. The first-order chi connectivity index (χ1) is 9.79. The zero-order chi connectivity index (χ0) is 15.6. The Hall–Kier alpha value is -1.60. The van der Waals surface area contributed by atoms with Crippen LogP contribution in [0.3, 0.4) is 0 Å². The number of benzene rings is 1. The molecule has 0 unspecified atom stereocenters. The van der Waals surface area contributed by atoms with Crippen LogP contribution in [0.4, 0.5) is 10.1 Å². The van der Waals surface area contributed by atoms with E-state index in [1.807, 2.05) is 0 Å². The second-order valence-corrected chi connectivity index (χ2v) is 6.79. The summed E-state index contributed by atoms with van der Waals surface area (Å²) in [7, 11) is 0. The summed E-state index contributed by atoms with van der Waals surface area (Å²) in [5.41, 5.74) is 1.96. The van der Waals surface area contributed by atoms with Gasteiger partial charge in [-0.25, -0.2) is 9.18 Å². The van der Waals surface area contributed by atoms with Gasteiger partial charge < -0.3 is 10.2 Å². The maximum Gasteiger partial charge on any atom is 0.330 e. The molecule has 0 radical (unpaired) electrons. The highest BCUT2D eigenvalue weighted by Crippen LogP contribution is 2.32. The van der Waals surface area contributed by atoms with Crippen molar-refractivity contribution in [3.8, 4) is 0 Å². The Bertz CT molecular complexity index is 572. The molecule has 1 atom stereocenters. The SMILES string of the molecule is CC(C)(C)C(=O)ON[C@H]1CSc2cccc(F)c2NC1=O. The molecule has 0 bridgehead atoms. The van der Waals surface area contributed by atoms with Gasteiger partial charge in [-0.1, -0.05) is 6.07 Å². The lowest BCUT2D eigenvalue weighted by Crippen LogP contribution is -2.44. The number of hydroxylamine groups is 1. The molecule has 1 amide bonds. The molecule has 1 aliphatic heterocycles. The largest absolute Gasteiger partial charge is 0.369 e. The van der Waals surface area contributed by atoms with Crippen molar-refractivity contribution in [3.63, 3.8) is 0 Å². The van der Waals surface area contributed by atoms with Crippen molar-refractivity contribution in [2.45, 2.75) is 31.7 Å². The Morgan fingerprint density at radius 2 is 2.19 bits per heavy atom. The number of carbonyl (C=O) groups excluding carboxylic acids is 2. The molecular weight excluding hydrogens is 295 g/mol. The Kier molecular flexibility index (Phi) is 4.53. The van der Waals surface area contributed by atoms with Crippen molar-refractivity contribution in [2.24, 2.45) is 5.41 Å². The van der Waals surface area contributed by atoms with Crippen molar-refractivity contribution >= 4 is 29.3 Å². The van der Waals surface area contributed by atoms with Crippen LogP contribution in [-0.4, -0.2) is 23.7 Å². The van der Waals surface area contributed by atoms with Gasteiger partial charge in [0.05, 0.1) is 11.1 Å². The van der Waals surface area contributed by atoms with E-state index in [0.717, 1.165) is 0 Å². The summed E-state index contributed by atoms with van der Waals surface area (Å²) in [6.07, 6.45) is 0. The first-order valence-corrected chi connectivity index (χ1v) is 7.46. The monoisotopic (exact) mass is 312 g/mol. The highest BCUT2D eigenvalue weighted by atomic mass is 32.2. The molecule has 0 saturated carbocycles. The predicted molar refractivity (Wildman–Crippen MR) is 78.2 cm³/mol. The van der Waals surface area contributed by atoms with Gasteiger partial charge in [-0.15, -0.1) is 17.2 Å². The minimum Gasteiger partial charge on any atom is -0.369 e. The fourth-order valence-corrected chi connectivity index (χ4v) is 2.60. The molecule has 1 aliphatic rings. The van der Waals surface area contributed by atoms with Crippen LogP contribution in [0.5, 0.6) is 0 Å². The summed E-state index contributed by atoms with van der Waals surface area (Å²) in [6.45, 7) is 5.14. The van der Waals surface area contributed by atoms with Gasteiger partial charge >= 0.3 is 5.97 Å². The molecule has 0 aromatic heterocycles. The van der Waals surface area contributed by atoms with E-state index in [1.165, 1.54) is 17.8 Å².